The SMILES string of the molecule is Cc1nc(N(C)C(C)c2cccc(Cl)c2)ncc1CO. The first-order valence-corrected chi connectivity index (χ1v) is 6.82. The summed E-state index contributed by atoms with van der Waals surface area (Å²) in [4.78, 5) is 10.7. The van der Waals surface area contributed by atoms with Crippen molar-refractivity contribution in [2.45, 2.75) is 26.5 Å². The maximum absolute atomic E-state index is 9.16. The molecule has 0 aliphatic carbocycles. The number of nitrogens with zero attached hydrogens (tertiary/aromatic N) is 3. The molecule has 0 radical (unpaired) electrons. The van der Waals surface area contributed by atoms with Gasteiger partial charge >= 0.3 is 0 Å². The van der Waals surface area contributed by atoms with E-state index in [2.05, 4.69) is 16.9 Å². The van der Waals surface area contributed by atoms with Crippen LogP contribution in [0.15, 0.2) is 30.5 Å². The summed E-state index contributed by atoms with van der Waals surface area (Å²) in [6.45, 7) is 3.90. The van der Waals surface area contributed by atoms with Crippen molar-refractivity contribution < 1.29 is 5.11 Å². The Kier molecular flexibility index (Phi) is 4.57. The van der Waals surface area contributed by atoms with Crippen LogP contribution in [0.25, 0.3) is 0 Å². The molecule has 0 amide bonds. The molecule has 1 unspecified atom stereocenters. The summed E-state index contributed by atoms with van der Waals surface area (Å²) in [6, 6.07) is 7.87. The lowest BCUT2D eigenvalue weighted by atomic mass is 10.1. The van der Waals surface area contributed by atoms with E-state index in [4.69, 9.17) is 16.7 Å². The second kappa shape index (κ2) is 6.20. The monoisotopic (exact) mass is 291 g/mol. The fourth-order valence-electron chi connectivity index (χ4n) is 1.97. The molecule has 0 spiro atoms. The second-order valence-corrected chi connectivity index (χ2v) is 5.22. The molecule has 1 atom stereocenters. The zero-order valence-electron chi connectivity index (χ0n) is 11.8. The summed E-state index contributed by atoms with van der Waals surface area (Å²) >= 11 is 6.03. The molecule has 2 aromatic rings. The Morgan fingerprint density at radius 2 is 2.15 bits per heavy atom. The van der Waals surface area contributed by atoms with Crippen LogP contribution in [0.4, 0.5) is 5.95 Å². The highest BCUT2D eigenvalue weighted by Gasteiger charge is 2.15. The Morgan fingerprint density at radius 3 is 2.75 bits per heavy atom. The van der Waals surface area contributed by atoms with Gasteiger partial charge in [0.05, 0.1) is 12.6 Å². The van der Waals surface area contributed by atoms with Crippen LogP contribution in [-0.4, -0.2) is 22.1 Å². The number of rotatable bonds is 4. The quantitative estimate of drug-likeness (QED) is 0.940. The van der Waals surface area contributed by atoms with E-state index in [9.17, 15) is 0 Å². The molecule has 5 heteroatoms. The van der Waals surface area contributed by atoms with Gasteiger partial charge in [0.15, 0.2) is 0 Å². The summed E-state index contributed by atoms with van der Waals surface area (Å²) in [6.07, 6.45) is 1.67. The van der Waals surface area contributed by atoms with E-state index < -0.39 is 0 Å². The van der Waals surface area contributed by atoms with Gasteiger partial charge in [0.1, 0.15) is 0 Å². The average Bonchev–Trinajstić information content (AvgIpc) is 2.45. The lowest BCUT2D eigenvalue weighted by Crippen LogP contribution is -2.24. The average molecular weight is 292 g/mol. The third-order valence-corrected chi connectivity index (χ3v) is 3.70. The highest BCUT2D eigenvalue weighted by molar-refractivity contribution is 6.30. The molecule has 2 rings (SSSR count). The van der Waals surface area contributed by atoms with Gasteiger partial charge in [0, 0.05) is 29.5 Å². The number of anilines is 1. The Morgan fingerprint density at radius 1 is 1.40 bits per heavy atom. The van der Waals surface area contributed by atoms with Crippen LogP contribution in [0.5, 0.6) is 0 Å². The summed E-state index contributed by atoms with van der Waals surface area (Å²) < 4.78 is 0. The van der Waals surface area contributed by atoms with Gasteiger partial charge in [-0.2, -0.15) is 0 Å². The van der Waals surface area contributed by atoms with Crippen molar-refractivity contribution in [3.63, 3.8) is 0 Å². The first-order valence-electron chi connectivity index (χ1n) is 6.44. The Balaban J connectivity index is 2.26. The van der Waals surface area contributed by atoms with Gasteiger partial charge in [-0.25, -0.2) is 9.97 Å². The van der Waals surface area contributed by atoms with Crippen LogP contribution >= 0.6 is 11.6 Å². The third-order valence-electron chi connectivity index (χ3n) is 3.47. The summed E-state index contributed by atoms with van der Waals surface area (Å²) in [7, 11) is 1.94. The maximum atomic E-state index is 9.16. The second-order valence-electron chi connectivity index (χ2n) is 4.78. The minimum Gasteiger partial charge on any atom is -0.392 e. The van der Waals surface area contributed by atoms with Crippen molar-refractivity contribution in [1.82, 2.24) is 9.97 Å². The number of hydrogen-bond acceptors (Lipinski definition) is 4. The minimum absolute atomic E-state index is 0.0420. The largest absolute Gasteiger partial charge is 0.392 e. The number of aliphatic hydroxyl groups is 1. The van der Waals surface area contributed by atoms with Crippen molar-refractivity contribution in [3.05, 3.63) is 52.3 Å². The molecule has 0 aliphatic rings. The molecular formula is C15H18ClN3O. The minimum atomic E-state index is -0.0420. The van der Waals surface area contributed by atoms with Crippen molar-refractivity contribution in [3.8, 4) is 0 Å². The van der Waals surface area contributed by atoms with Crippen LogP contribution in [0.3, 0.4) is 0 Å². The van der Waals surface area contributed by atoms with Crippen LogP contribution in [-0.2, 0) is 6.61 Å². The number of aromatic nitrogens is 2. The van der Waals surface area contributed by atoms with Crippen molar-refractivity contribution in [1.29, 1.82) is 0 Å². The van der Waals surface area contributed by atoms with Gasteiger partial charge in [-0.15, -0.1) is 0 Å². The van der Waals surface area contributed by atoms with Gasteiger partial charge in [-0.1, -0.05) is 23.7 Å². The molecule has 0 saturated heterocycles. The molecular weight excluding hydrogens is 274 g/mol. The van der Waals surface area contributed by atoms with E-state index in [1.165, 1.54) is 0 Å². The molecule has 0 aliphatic heterocycles. The molecule has 106 valence electrons. The zero-order chi connectivity index (χ0) is 14.7. The fraction of sp³-hybridized carbons (Fsp3) is 0.333. The van der Waals surface area contributed by atoms with E-state index in [0.717, 1.165) is 21.8 Å². The van der Waals surface area contributed by atoms with E-state index in [0.29, 0.717) is 5.95 Å². The maximum Gasteiger partial charge on any atom is 0.225 e. The lowest BCUT2D eigenvalue weighted by molar-refractivity contribution is 0.280. The topological polar surface area (TPSA) is 49.2 Å². The molecule has 1 aromatic heterocycles. The first-order chi connectivity index (χ1) is 9.52. The Labute approximate surface area is 124 Å². The molecule has 0 saturated carbocycles. The van der Waals surface area contributed by atoms with Gasteiger partial charge in [0.2, 0.25) is 5.95 Å². The fourth-order valence-corrected chi connectivity index (χ4v) is 2.17. The first kappa shape index (κ1) is 14.8. The smallest absolute Gasteiger partial charge is 0.225 e. The van der Waals surface area contributed by atoms with E-state index in [1.807, 2.05) is 43.1 Å². The third kappa shape index (κ3) is 3.08. The highest BCUT2D eigenvalue weighted by Crippen LogP contribution is 2.25. The molecule has 1 heterocycles. The molecule has 0 fully saturated rings. The molecule has 20 heavy (non-hydrogen) atoms. The van der Waals surface area contributed by atoms with E-state index >= 15 is 0 Å². The molecule has 1 N–H and O–H groups in total. The number of aliphatic hydroxyl groups excluding tert-OH is 1. The van der Waals surface area contributed by atoms with Gasteiger partial charge in [-0.05, 0) is 31.5 Å². The van der Waals surface area contributed by atoms with Gasteiger partial charge < -0.3 is 10.0 Å². The van der Waals surface area contributed by atoms with E-state index in [1.54, 1.807) is 6.20 Å². The predicted molar refractivity (Wildman–Crippen MR) is 81.0 cm³/mol. The standard InChI is InChI=1S/C15H18ClN3O/c1-10-13(9-20)8-17-15(18-10)19(3)11(2)12-5-4-6-14(16)7-12/h4-8,11,20H,9H2,1-3H3. The Bertz CT molecular complexity index is 603. The summed E-state index contributed by atoms with van der Waals surface area (Å²) in [5.41, 5.74) is 2.65. The molecule has 0 bridgehead atoms. The molecule has 1 aromatic carbocycles. The van der Waals surface area contributed by atoms with Crippen LogP contribution < -0.4 is 4.90 Å². The number of hydrogen-bond donors (Lipinski definition) is 1. The van der Waals surface area contributed by atoms with Crippen molar-refractivity contribution in [2.24, 2.45) is 0 Å². The van der Waals surface area contributed by atoms with Gasteiger partial charge in [0.25, 0.3) is 0 Å². The Hall–Kier alpha value is -1.65. The van der Waals surface area contributed by atoms with Crippen molar-refractivity contribution >= 4 is 17.5 Å². The van der Waals surface area contributed by atoms with E-state index in [-0.39, 0.29) is 12.6 Å². The summed E-state index contributed by atoms with van der Waals surface area (Å²) in [5, 5.41) is 9.88. The van der Waals surface area contributed by atoms with Crippen molar-refractivity contribution in [2.75, 3.05) is 11.9 Å². The van der Waals surface area contributed by atoms with Crippen LogP contribution in [0, 0.1) is 6.92 Å². The number of benzene rings is 1. The van der Waals surface area contributed by atoms with Crippen LogP contribution in [0.1, 0.15) is 29.8 Å². The predicted octanol–water partition coefficient (Wildman–Crippen LogP) is 3.13. The highest BCUT2D eigenvalue weighted by atomic mass is 35.5. The molecule has 4 nitrogen and oxygen atoms in total. The number of aryl methyl sites for hydroxylation is 1. The summed E-state index contributed by atoms with van der Waals surface area (Å²) in [5.74, 6) is 0.632. The van der Waals surface area contributed by atoms with Gasteiger partial charge in [-0.3, -0.25) is 0 Å². The normalized spacial score (nSPS) is 12.2. The lowest BCUT2D eigenvalue weighted by Gasteiger charge is -2.25. The zero-order valence-corrected chi connectivity index (χ0v) is 12.6. The number of halogens is 1. The van der Waals surface area contributed by atoms with Crippen LogP contribution in [0.2, 0.25) is 5.02 Å².